The maximum Gasteiger partial charge on any atom is 0.267 e. The van der Waals surface area contributed by atoms with Crippen molar-refractivity contribution in [2.24, 2.45) is 0 Å². The summed E-state index contributed by atoms with van der Waals surface area (Å²) in [6.45, 7) is 11.9. The van der Waals surface area contributed by atoms with Gasteiger partial charge in [-0.15, -0.1) is 5.10 Å². The first-order chi connectivity index (χ1) is 8.80. The van der Waals surface area contributed by atoms with Crippen LogP contribution in [0.15, 0.2) is 0 Å². The number of nitrogens with one attached hydrogen (secondary N) is 1. The van der Waals surface area contributed by atoms with Crippen LogP contribution in [0.4, 0.5) is 0 Å². The molecule has 1 amide bonds. The maximum atomic E-state index is 12.7. The first-order valence-corrected chi connectivity index (χ1v) is 7.45. The fourth-order valence-corrected chi connectivity index (χ4v) is 3.09. The van der Waals surface area contributed by atoms with Crippen LogP contribution in [0, 0.1) is 0 Å². The van der Waals surface area contributed by atoms with Crippen LogP contribution < -0.4 is 5.32 Å². The number of amides is 1. The van der Waals surface area contributed by atoms with Gasteiger partial charge in [-0.1, -0.05) is 25.3 Å². The number of carbonyl (C=O) groups excluding carboxylic acids is 1. The molecule has 106 valence electrons. The molecule has 0 bridgehead atoms. The predicted octanol–water partition coefficient (Wildman–Crippen LogP) is 1.66. The van der Waals surface area contributed by atoms with Crippen molar-refractivity contribution in [2.45, 2.75) is 52.1 Å². The average Bonchev–Trinajstić information content (AvgIpc) is 2.80. The second-order valence-electron chi connectivity index (χ2n) is 6.32. The minimum Gasteiger partial charge on any atom is -0.332 e. The number of carbonyl (C=O) groups is 1. The van der Waals surface area contributed by atoms with Crippen LogP contribution in [0.25, 0.3) is 0 Å². The van der Waals surface area contributed by atoms with Crippen LogP contribution in [0.2, 0.25) is 0 Å². The summed E-state index contributed by atoms with van der Waals surface area (Å²) < 4.78 is 3.98. The van der Waals surface area contributed by atoms with E-state index in [2.05, 4.69) is 49.5 Å². The van der Waals surface area contributed by atoms with E-state index in [0.717, 1.165) is 18.8 Å². The summed E-state index contributed by atoms with van der Waals surface area (Å²) >= 11 is 1.21. The highest BCUT2D eigenvalue weighted by molar-refractivity contribution is 7.08. The van der Waals surface area contributed by atoms with Gasteiger partial charge in [0.25, 0.3) is 5.91 Å². The highest BCUT2D eigenvalue weighted by atomic mass is 32.1. The van der Waals surface area contributed by atoms with E-state index in [4.69, 9.17) is 0 Å². The molecule has 1 aliphatic rings. The summed E-state index contributed by atoms with van der Waals surface area (Å²) in [6, 6.07) is 0.540. The molecule has 6 heteroatoms. The lowest BCUT2D eigenvalue weighted by Crippen LogP contribution is -2.56. The molecular formula is C13H22N4OS. The SMILES string of the molecule is CC1CN(C(=O)c2snnc2C(C)(C)C)C(C)CN1. The molecule has 19 heavy (non-hydrogen) atoms. The van der Waals surface area contributed by atoms with E-state index < -0.39 is 0 Å². The summed E-state index contributed by atoms with van der Waals surface area (Å²) in [6.07, 6.45) is 0. The standard InChI is InChI=1S/C13H22N4OS/c1-8-7-17(9(2)6-14-8)12(18)10-11(13(3,4)5)15-16-19-10/h8-9,14H,6-7H2,1-5H3. The van der Waals surface area contributed by atoms with Crippen molar-refractivity contribution in [1.29, 1.82) is 0 Å². The monoisotopic (exact) mass is 282 g/mol. The molecule has 1 aromatic rings. The van der Waals surface area contributed by atoms with Gasteiger partial charge in [0.15, 0.2) is 0 Å². The van der Waals surface area contributed by atoms with Gasteiger partial charge in [-0.25, -0.2) is 0 Å². The van der Waals surface area contributed by atoms with Gasteiger partial charge in [0.05, 0.1) is 5.69 Å². The third-order valence-electron chi connectivity index (χ3n) is 3.42. The van der Waals surface area contributed by atoms with E-state index in [9.17, 15) is 4.79 Å². The zero-order valence-electron chi connectivity index (χ0n) is 12.2. The zero-order valence-corrected chi connectivity index (χ0v) is 13.0. The van der Waals surface area contributed by atoms with Gasteiger partial charge in [0, 0.05) is 30.6 Å². The van der Waals surface area contributed by atoms with Gasteiger partial charge in [0.1, 0.15) is 4.88 Å². The fraction of sp³-hybridized carbons (Fsp3) is 0.769. The van der Waals surface area contributed by atoms with Crippen molar-refractivity contribution in [3.05, 3.63) is 10.6 Å². The Balaban J connectivity index is 2.27. The largest absolute Gasteiger partial charge is 0.332 e. The quantitative estimate of drug-likeness (QED) is 0.851. The van der Waals surface area contributed by atoms with Crippen molar-refractivity contribution in [1.82, 2.24) is 19.8 Å². The maximum absolute atomic E-state index is 12.7. The molecule has 1 saturated heterocycles. The van der Waals surface area contributed by atoms with Crippen molar-refractivity contribution < 1.29 is 4.79 Å². The Morgan fingerprint density at radius 2 is 2.11 bits per heavy atom. The van der Waals surface area contributed by atoms with E-state index in [1.54, 1.807) is 0 Å². The van der Waals surface area contributed by atoms with Gasteiger partial charge in [-0.05, 0) is 25.4 Å². The van der Waals surface area contributed by atoms with Crippen LogP contribution in [0.1, 0.15) is 50.0 Å². The number of aromatic nitrogens is 2. The van der Waals surface area contributed by atoms with Gasteiger partial charge >= 0.3 is 0 Å². The summed E-state index contributed by atoms with van der Waals surface area (Å²) in [5.74, 6) is 0.0702. The molecule has 2 atom stereocenters. The van der Waals surface area contributed by atoms with Crippen molar-refractivity contribution in [2.75, 3.05) is 13.1 Å². The summed E-state index contributed by atoms with van der Waals surface area (Å²) in [4.78, 5) is 15.3. The normalized spacial score (nSPS) is 24.6. The zero-order chi connectivity index (χ0) is 14.2. The molecule has 1 fully saturated rings. The van der Waals surface area contributed by atoms with Crippen LogP contribution in [0.3, 0.4) is 0 Å². The smallest absolute Gasteiger partial charge is 0.267 e. The predicted molar refractivity (Wildman–Crippen MR) is 76.6 cm³/mol. The highest BCUT2D eigenvalue weighted by Crippen LogP contribution is 2.27. The molecule has 1 N–H and O–H groups in total. The molecule has 0 radical (unpaired) electrons. The van der Waals surface area contributed by atoms with Crippen LogP contribution in [0.5, 0.6) is 0 Å². The van der Waals surface area contributed by atoms with Crippen molar-refractivity contribution in [3.63, 3.8) is 0 Å². The topological polar surface area (TPSA) is 58.1 Å². The fourth-order valence-electron chi connectivity index (χ4n) is 2.26. The average molecular weight is 282 g/mol. The van der Waals surface area contributed by atoms with Crippen LogP contribution in [-0.2, 0) is 5.41 Å². The summed E-state index contributed by atoms with van der Waals surface area (Å²) in [5.41, 5.74) is 0.654. The Kier molecular flexibility index (Phi) is 3.92. The lowest BCUT2D eigenvalue weighted by Gasteiger charge is -2.37. The number of hydrogen-bond acceptors (Lipinski definition) is 5. The van der Waals surface area contributed by atoms with Gasteiger partial charge in [-0.2, -0.15) is 0 Å². The second kappa shape index (κ2) is 5.17. The van der Waals surface area contributed by atoms with Crippen LogP contribution in [-0.4, -0.2) is 45.6 Å². The third-order valence-corrected chi connectivity index (χ3v) is 4.13. The Hall–Kier alpha value is -1.01. The van der Waals surface area contributed by atoms with Crippen LogP contribution >= 0.6 is 11.5 Å². The van der Waals surface area contributed by atoms with Gasteiger partial charge in [0.2, 0.25) is 0 Å². The molecule has 0 saturated carbocycles. The van der Waals surface area contributed by atoms with Crippen molar-refractivity contribution >= 4 is 17.4 Å². The number of nitrogens with zero attached hydrogens (tertiary/aromatic N) is 3. The van der Waals surface area contributed by atoms with E-state index >= 15 is 0 Å². The first-order valence-electron chi connectivity index (χ1n) is 6.68. The van der Waals surface area contributed by atoms with Gasteiger partial charge in [-0.3, -0.25) is 4.79 Å². The highest BCUT2D eigenvalue weighted by Gasteiger charge is 2.33. The first kappa shape index (κ1) is 14.4. The molecule has 2 unspecified atom stereocenters. The van der Waals surface area contributed by atoms with Gasteiger partial charge < -0.3 is 10.2 Å². The Bertz CT molecular complexity index is 465. The lowest BCUT2D eigenvalue weighted by atomic mass is 9.91. The molecule has 1 aliphatic heterocycles. The minimum atomic E-state index is -0.152. The minimum absolute atomic E-state index is 0.0702. The Morgan fingerprint density at radius 3 is 2.74 bits per heavy atom. The summed E-state index contributed by atoms with van der Waals surface area (Å²) in [7, 11) is 0. The van der Waals surface area contributed by atoms with Crippen molar-refractivity contribution in [3.8, 4) is 0 Å². The number of rotatable bonds is 1. The molecule has 0 aromatic carbocycles. The van der Waals surface area contributed by atoms with E-state index in [-0.39, 0.29) is 17.4 Å². The molecule has 0 aliphatic carbocycles. The molecule has 2 heterocycles. The summed E-state index contributed by atoms with van der Waals surface area (Å²) in [5, 5.41) is 7.54. The molecule has 1 aromatic heterocycles. The third kappa shape index (κ3) is 2.95. The van der Waals surface area contributed by atoms with E-state index in [1.807, 2.05) is 4.90 Å². The molecule has 5 nitrogen and oxygen atoms in total. The van der Waals surface area contributed by atoms with E-state index in [0.29, 0.717) is 10.9 Å². The van der Waals surface area contributed by atoms with E-state index in [1.165, 1.54) is 11.5 Å². The second-order valence-corrected chi connectivity index (χ2v) is 7.07. The number of piperazine rings is 1. The number of hydrogen-bond donors (Lipinski definition) is 1. The molecule has 0 spiro atoms. The lowest BCUT2D eigenvalue weighted by molar-refractivity contribution is 0.0618. The molecular weight excluding hydrogens is 260 g/mol. The Morgan fingerprint density at radius 1 is 1.42 bits per heavy atom. The Labute approximate surface area is 118 Å². The molecule has 2 rings (SSSR count).